The van der Waals surface area contributed by atoms with Crippen LogP contribution in [0.1, 0.15) is 41.7 Å². The first-order chi connectivity index (χ1) is 10.1. The van der Waals surface area contributed by atoms with Gasteiger partial charge in [0.15, 0.2) is 0 Å². The lowest BCUT2D eigenvalue weighted by Gasteiger charge is -2.15. The topological polar surface area (TPSA) is 24.9 Å². The van der Waals surface area contributed by atoms with E-state index in [4.69, 9.17) is 0 Å². The number of nitrogens with zero attached hydrogens (tertiary/aromatic N) is 1. The molecule has 2 rings (SSSR count). The molecule has 0 aliphatic carbocycles. The molecule has 110 valence electrons. The fourth-order valence-electron chi connectivity index (χ4n) is 2.78. The highest BCUT2D eigenvalue weighted by Crippen LogP contribution is 2.24. The Hall–Kier alpha value is -1.93. The fourth-order valence-corrected chi connectivity index (χ4v) is 2.78. The molecule has 0 amide bonds. The van der Waals surface area contributed by atoms with Crippen molar-refractivity contribution in [3.63, 3.8) is 0 Å². The standard InChI is InChI=1S/C19H24N2/c1-5-18-11-17(10-15(4)19(18)14(2)3)13-21-12-16-6-8-20-9-7-16/h6-11,21H,2,5,12-13H2,1,3-4H3. The summed E-state index contributed by atoms with van der Waals surface area (Å²) < 4.78 is 0. The second kappa shape index (κ2) is 7.19. The normalized spacial score (nSPS) is 10.6. The van der Waals surface area contributed by atoms with E-state index in [1.54, 1.807) is 0 Å². The molecule has 0 bridgehead atoms. The highest BCUT2D eigenvalue weighted by molar-refractivity contribution is 5.68. The molecule has 1 aromatic carbocycles. The molecule has 0 atom stereocenters. The average Bonchev–Trinajstić information content (AvgIpc) is 2.47. The number of aryl methyl sites for hydroxylation is 2. The number of hydrogen-bond acceptors (Lipinski definition) is 2. The van der Waals surface area contributed by atoms with Gasteiger partial charge in [-0.25, -0.2) is 0 Å². The minimum absolute atomic E-state index is 0.866. The van der Waals surface area contributed by atoms with Crippen LogP contribution in [0.3, 0.4) is 0 Å². The third-order valence-electron chi connectivity index (χ3n) is 3.69. The van der Waals surface area contributed by atoms with Crippen molar-refractivity contribution in [2.75, 3.05) is 0 Å². The van der Waals surface area contributed by atoms with Crippen LogP contribution in [0.15, 0.2) is 43.2 Å². The van der Waals surface area contributed by atoms with E-state index < -0.39 is 0 Å². The van der Waals surface area contributed by atoms with Crippen LogP contribution in [0.4, 0.5) is 0 Å². The fraction of sp³-hybridized carbons (Fsp3) is 0.316. The highest BCUT2D eigenvalue weighted by Gasteiger charge is 2.07. The molecule has 0 aliphatic rings. The van der Waals surface area contributed by atoms with Crippen LogP contribution in [0, 0.1) is 6.92 Å². The zero-order valence-corrected chi connectivity index (χ0v) is 13.2. The van der Waals surface area contributed by atoms with Gasteiger partial charge in [0.25, 0.3) is 0 Å². The van der Waals surface area contributed by atoms with E-state index >= 15 is 0 Å². The zero-order valence-electron chi connectivity index (χ0n) is 13.2. The molecule has 2 heteroatoms. The Morgan fingerprint density at radius 2 is 1.81 bits per heavy atom. The van der Waals surface area contributed by atoms with Gasteiger partial charge in [0.1, 0.15) is 0 Å². The van der Waals surface area contributed by atoms with Gasteiger partial charge in [-0.1, -0.05) is 31.2 Å². The lowest BCUT2D eigenvalue weighted by atomic mass is 9.93. The largest absolute Gasteiger partial charge is 0.309 e. The van der Waals surface area contributed by atoms with Crippen LogP contribution in [-0.2, 0) is 19.5 Å². The summed E-state index contributed by atoms with van der Waals surface area (Å²) in [6.07, 6.45) is 4.71. The zero-order chi connectivity index (χ0) is 15.2. The maximum Gasteiger partial charge on any atom is 0.0271 e. The van der Waals surface area contributed by atoms with Crippen molar-refractivity contribution in [3.8, 4) is 0 Å². The molecule has 0 spiro atoms. The molecule has 1 aromatic heterocycles. The van der Waals surface area contributed by atoms with Crippen molar-refractivity contribution in [2.45, 2.75) is 40.3 Å². The Balaban J connectivity index is 2.07. The average molecular weight is 280 g/mol. The summed E-state index contributed by atoms with van der Waals surface area (Å²) in [6, 6.07) is 8.65. The van der Waals surface area contributed by atoms with Crippen LogP contribution in [0.2, 0.25) is 0 Å². The van der Waals surface area contributed by atoms with E-state index in [0.29, 0.717) is 0 Å². The Bertz CT molecular complexity index is 615. The van der Waals surface area contributed by atoms with Gasteiger partial charge in [0.05, 0.1) is 0 Å². The maximum absolute atomic E-state index is 4.10. The van der Waals surface area contributed by atoms with E-state index in [0.717, 1.165) is 25.1 Å². The van der Waals surface area contributed by atoms with Gasteiger partial charge in [-0.3, -0.25) is 4.98 Å². The first-order valence-corrected chi connectivity index (χ1v) is 7.49. The smallest absolute Gasteiger partial charge is 0.0271 e. The molecular formula is C19H24N2. The van der Waals surface area contributed by atoms with Crippen molar-refractivity contribution < 1.29 is 0 Å². The molecule has 0 fully saturated rings. The molecule has 0 radical (unpaired) electrons. The molecular weight excluding hydrogens is 256 g/mol. The van der Waals surface area contributed by atoms with Crippen molar-refractivity contribution >= 4 is 5.57 Å². The van der Waals surface area contributed by atoms with Gasteiger partial charge in [-0.15, -0.1) is 0 Å². The molecule has 0 saturated carbocycles. The first-order valence-electron chi connectivity index (χ1n) is 7.49. The van der Waals surface area contributed by atoms with E-state index in [2.05, 4.69) is 49.8 Å². The SMILES string of the molecule is C=C(C)c1c(C)cc(CNCc2ccncc2)cc1CC. The number of pyridine rings is 1. The molecule has 0 saturated heterocycles. The lowest BCUT2D eigenvalue weighted by molar-refractivity contribution is 0.691. The van der Waals surface area contributed by atoms with E-state index in [1.165, 1.54) is 27.8 Å². The van der Waals surface area contributed by atoms with E-state index in [9.17, 15) is 0 Å². The number of allylic oxidation sites excluding steroid dienone is 1. The number of aromatic nitrogens is 1. The number of hydrogen-bond donors (Lipinski definition) is 1. The van der Waals surface area contributed by atoms with E-state index in [1.807, 2.05) is 24.5 Å². The maximum atomic E-state index is 4.10. The van der Waals surface area contributed by atoms with Crippen molar-refractivity contribution in [1.29, 1.82) is 0 Å². The second-order valence-corrected chi connectivity index (χ2v) is 5.54. The molecule has 2 nitrogen and oxygen atoms in total. The molecule has 21 heavy (non-hydrogen) atoms. The van der Waals surface area contributed by atoms with Crippen molar-refractivity contribution in [1.82, 2.24) is 10.3 Å². The van der Waals surface area contributed by atoms with Gasteiger partial charge in [-0.05, 0) is 60.2 Å². The lowest BCUT2D eigenvalue weighted by Crippen LogP contribution is -2.13. The van der Waals surface area contributed by atoms with Crippen LogP contribution < -0.4 is 5.32 Å². The monoisotopic (exact) mass is 280 g/mol. The van der Waals surface area contributed by atoms with E-state index in [-0.39, 0.29) is 0 Å². The third kappa shape index (κ3) is 4.02. The Morgan fingerprint density at radius 3 is 2.43 bits per heavy atom. The van der Waals surface area contributed by atoms with Gasteiger partial charge in [-0.2, -0.15) is 0 Å². The van der Waals surface area contributed by atoms with Gasteiger partial charge >= 0.3 is 0 Å². The second-order valence-electron chi connectivity index (χ2n) is 5.54. The summed E-state index contributed by atoms with van der Waals surface area (Å²) in [5.74, 6) is 0. The minimum Gasteiger partial charge on any atom is -0.309 e. The summed E-state index contributed by atoms with van der Waals surface area (Å²) in [5.41, 5.74) is 7.79. The number of benzene rings is 1. The quantitative estimate of drug-likeness (QED) is 0.854. The summed E-state index contributed by atoms with van der Waals surface area (Å²) in [5, 5.41) is 3.49. The van der Waals surface area contributed by atoms with Gasteiger partial charge in [0.2, 0.25) is 0 Å². The summed E-state index contributed by atoms with van der Waals surface area (Å²) in [4.78, 5) is 4.04. The van der Waals surface area contributed by atoms with Crippen molar-refractivity contribution in [2.24, 2.45) is 0 Å². The van der Waals surface area contributed by atoms with Crippen LogP contribution >= 0.6 is 0 Å². The summed E-state index contributed by atoms with van der Waals surface area (Å²) in [7, 11) is 0. The molecule has 0 aliphatic heterocycles. The molecule has 0 unspecified atom stereocenters. The number of rotatable bonds is 6. The Morgan fingerprint density at radius 1 is 1.14 bits per heavy atom. The molecule has 2 aromatic rings. The Labute approximate surface area is 127 Å². The first kappa shape index (κ1) is 15.5. The number of nitrogens with one attached hydrogen (secondary N) is 1. The van der Waals surface area contributed by atoms with Gasteiger partial charge in [0, 0.05) is 25.5 Å². The van der Waals surface area contributed by atoms with Crippen molar-refractivity contribution in [3.05, 3.63) is 71.1 Å². The summed E-state index contributed by atoms with van der Waals surface area (Å²) in [6.45, 7) is 12.3. The van der Waals surface area contributed by atoms with Crippen LogP contribution in [0.5, 0.6) is 0 Å². The van der Waals surface area contributed by atoms with Crippen LogP contribution in [0.25, 0.3) is 5.57 Å². The van der Waals surface area contributed by atoms with Gasteiger partial charge < -0.3 is 5.32 Å². The minimum atomic E-state index is 0.866. The predicted molar refractivity (Wildman–Crippen MR) is 90.0 cm³/mol. The molecule has 1 heterocycles. The predicted octanol–water partition coefficient (Wildman–Crippen LogP) is 4.28. The highest BCUT2D eigenvalue weighted by atomic mass is 14.8. The third-order valence-corrected chi connectivity index (χ3v) is 3.69. The molecule has 1 N–H and O–H groups in total. The van der Waals surface area contributed by atoms with Crippen LogP contribution in [-0.4, -0.2) is 4.98 Å². The summed E-state index contributed by atoms with van der Waals surface area (Å²) >= 11 is 0. The Kier molecular flexibility index (Phi) is 5.29.